The molecule has 0 bridgehead atoms. The zero-order valence-electron chi connectivity index (χ0n) is 8.26. The number of carbonyl (C=O) groups is 1. The summed E-state index contributed by atoms with van der Waals surface area (Å²) in [6, 6.07) is 1.90. The zero-order chi connectivity index (χ0) is 10.8. The summed E-state index contributed by atoms with van der Waals surface area (Å²) in [6.07, 6.45) is -0.407. The van der Waals surface area contributed by atoms with E-state index >= 15 is 0 Å². The van der Waals surface area contributed by atoms with Crippen LogP contribution in [0.4, 0.5) is 9.80 Å². The molecule has 0 aliphatic carbocycles. The maximum absolute atomic E-state index is 11.3. The Kier molecular flexibility index (Phi) is 3.77. The second-order valence-electron chi connectivity index (χ2n) is 3.76. The molecule has 1 rings (SSSR count). The molecule has 0 saturated heterocycles. The summed E-state index contributed by atoms with van der Waals surface area (Å²) >= 11 is 3.68. The van der Waals surface area contributed by atoms with Gasteiger partial charge < -0.3 is 4.74 Å². The molecule has 5 heteroatoms. The van der Waals surface area contributed by atoms with Gasteiger partial charge in [-0.2, -0.15) is 0 Å². The Morgan fingerprint density at radius 3 is 2.64 bits per heavy atom. The molecule has 0 aromatic carbocycles. The first-order chi connectivity index (χ1) is 6.37. The van der Waals surface area contributed by atoms with Crippen LogP contribution >= 0.6 is 33.9 Å². The van der Waals surface area contributed by atoms with Gasteiger partial charge in [0.2, 0.25) is 0 Å². The molecule has 3 nitrogen and oxygen atoms in total. The molecule has 1 aromatic rings. The lowest BCUT2D eigenvalue weighted by Crippen LogP contribution is -2.26. The Morgan fingerprint density at radius 2 is 2.21 bits per heavy atom. The lowest BCUT2D eigenvalue weighted by atomic mass is 10.2. The largest absolute Gasteiger partial charge is 0.444 e. The third kappa shape index (κ3) is 4.28. The van der Waals surface area contributed by atoms with Crippen molar-refractivity contribution in [3.8, 4) is 0 Å². The van der Waals surface area contributed by atoms with Crippen molar-refractivity contribution in [2.45, 2.75) is 26.4 Å². The van der Waals surface area contributed by atoms with Crippen LogP contribution in [-0.2, 0) is 4.74 Å². The maximum atomic E-state index is 11.3. The number of carbonyl (C=O) groups excluding carboxylic acids is 1. The fraction of sp³-hybridized carbons (Fsp3) is 0.444. The van der Waals surface area contributed by atoms with Gasteiger partial charge in [-0.05, 0) is 49.4 Å². The van der Waals surface area contributed by atoms with Gasteiger partial charge in [-0.3, -0.25) is 5.32 Å². The van der Waals surface area contributed by atoms with E-state index in [4.69, 9.17) is 4.74 Å². The Bertz CT molecular complexity index is 330. The lowest BCUT2D eigenvalue weighted by Gasteiger charge is -2.19. The summed E-state index contributed by atoms with van der Waals surface area (Å²) in [7, 11) is 0. The second-order valence-corrected chi connectivity index (χ2v) is 5.91. The van der Waals surface area contributed by atoms with E-state index in [2.05, 4.69) is 27.9 Å². The highest BCUT2D eigenvalue weighted by atomic mass is 127. The normalized spacial score (nSPS) is 11.1. The van der Waals surface area contributed by atoms with Gasteiger partial charge >= 0.3 is 6.09 Å². The minimum absolute atomic E-state index is 0.407. The van der Waals surface area contributed by atoms with Gasteiger partial charge in [0.1, 0.15) is 5.60 Å². The average Bonchev–Trinajstić information content (AvgIpc) is 2.30. The fourth-order valence-electron chi connectivity index (χ4n) is 0.783. The number of rotatable bonds is 1. The maximum Gasteiger partial charge on any atom is 0.412 e. The van der Waals surface area contributed by atoms with Crippen molar-refractivity contribution in [3.05, 3.63) is 15.0 Å². The van der Waals surface area contributed by atoms with E-state index < -0.39 is 11.7 Å². The van der Waals surface area contributed by atoms with Gasteiger partial charge in [-0.1, -0.05) is 0 Å². The van der Waals surface area contributed by atoms with Crippen LogP contribution in [0.25, 0.3) is 0 Å². The van der Waals surface area contributed by atoms with E-state index in [1.807, 2.05) is 32.2 Å². The van der Waals surface area contributed by atoms with Crippen LogP contribution in [0.2, 0.25) is 0 Å². The van der Waals surface area contributed by atoms with E-state index in [0.717, 1.165) is 8.57 Å². The predicted octanol–water partition coefficient (Wildman–Crippen LogP) is 3.70. The molecule has 0 spiro atoms. The van der Waals surface area contributed by atoms with Gasteiger partial charge in [0, 0.05) is 8.95 Å². The van der Waals surface area contributed by atoms with Crippen LogP contribution in [0, 0.1) is 3.57 Å². The number of hydrogen-bond acceptors (Lipinski definition) is 3. The van der Waals surface area contributed by atoms with Crippen LogP contribution < -0.4 is 5.32 Å². The first-order valence-electron chi connectivity index (χ1n) is 4.11. The molecule has 14 heavy (non-hydrogen) atoms. The highest BCUT2D eigenvalue weighted by Gasteiger charge is 2.16. The molecule has 1 N–H and O–H groups in total. The molecule has 1 heterocycles. The van der Waals surface area contributed by atoms with E-state index in [0.29, 0.717) is 0 Å². The zero-order valence-corrected chi connectivity index (χ0v) is 11.2. The Morgan fingerprint density at radius 1 is 1.57 bits per heavy atom. The van der Waals surface area contributed by atoms with Crippen LogP contribution in [0.15, 0.2) is 11.4 Å². The van der Waals surface area contributed by atoms with Crippen LogP contribution in [0.3, 0.4) is 0 Å². The number of amides is 1. The number of hydrogen-bond donors (Lipinski definition) is 1. The van der Waals surface area contributed by atoms with Crippen molar-refractivity contribution in [1.82, 2.24) is 0 Å². The molecule has 1 amide bonds. The molecular weight excluding hydrogens is 313 g/mol. The van der Waals surface area contributed by atoms with Gasteiger partial charge in [-0.15, -0.1) is 11.3 Å². The monoisotopic (exact) mass is 325 g/mol. The second kappa shape index (κ2) is 4.48. The van der Waals surface area contributed by atoms with E-state index in [1.165, 1.54) is 11.3 Å². The molecule has 0 fully saturated rings. The van der Waals surface area contributed by atoms with Crippen LogP contribution in [0.1, 0.15) is 20.8 Å². The quantitative estimate of drug-likeness (QED) is 0.800. The predicted molar refractivity (Wildman–Crippen MR) is 66.9 cm³/mol. The highest BCUT2D eigenvalue weighted by Crippen LogP contribution is 2.22. The van der Waals surface area contributed by atoms with Gasteiger partial charge in [0.15, 0.2) is 0 Å². The number of nitrogens with one attached hydrogen (secondary N) is 1. The van der Waals surface area contributed by atoms with E-state index in [-0.39, 0.29) is 0 Å². The summed E-state index contributed by atoms with van der Waals surface area (Å²) < 4.78 is 6.21. The Hall–Kier alpha value is -0.300. The number of halogens is 1. The van der Waals surface area contributed by atoms with Crippen LogP contribution in [0.5, 0.6) is 0 Å². The van der Waals surface area contributed by atoms with Gasteiger partial charge in [0.05, 0.1) is 5.00 Å². The summed E-state index contributed by atoms with van der Waals surface area (Å²) in [5.74, 6) is 0. The Labute approximate surface area is 101 Å². The fourth-order valence-corrected chi connectivity index (χ4v) is 2.33. The topological polar surface area (TPSA) is 38.3 Å². The molecular formula is C9H12INO2S. The number of anilines is 1. The van der Waals surface area contributed by atoms with Crippen molar-refractivity contribution in [1.29, 1.82) is 0 Å². The van der Waals surface area contributed by atoms with Crippen molar-refractivity contribution in [3.63, 3.8) is 0 Å². The van der Waals surface area contributed by atoms with Crippen molar-refractivity contribution in [2.75, 3.05) is 5.32 Å². The third-order valence-corrected chi connectivity index (χ3v) is 3.08. The minimum atomic E-state index is -0.450. The summed E-state index contributed by atoms with van der Waals surface area (Å²) in [6.45, 7) is 5.51. The Balaban J connectivity index is 2.50. The third-order valence-electron chi connectivity index (χ3n) is 1.19. The standard InChI is InChI=1S/C9H12INO2S/c1-9(2,3)13-8(12)11-7-4-6(10)5-14-7/h4-5H,1-3H3,(H,11,12). The molecule has 0 atom stereocenters. The molecule has 0 radical (unpaired) electrons. The number of thiophene rings is 1. The van der Waals surface area contributed by atoms with Gasteiger partial charge in [0.25, 0.3) is 0 Å². The summed E-state index contributed by atoms with van der Waals surface area (Å²) in [5, 5.41) is 5.45. The average molecular weight is 325 g/mol. The van der Waals surface area contributed by atoms with Gasteiger partial charge in [-0.25, -0.2) is 4.79 Å². The summed E-state index contributed by atoms with van der Waals surface area (Å²) in [5.41, 5.74) is -0.450. The van der Waals surface area contributed by atoms with E-state index in [1.54, 1.807) is 0 Å². The van der Waals surface area contributed by atoms with Crippen LogP contribution in [-0.4, -0.2) is 11.7 Å². The van der Waals surface area contributed by atoms with Crippen molar-refractivity contribution >= 4 is 45.0 Å². The first kappa shape index (κ1) is 11.8. The molecule has 0 aliphatic rings. The molecule has 0 saturated carbocycles. The minimum Gasteiger partial charge on any atom is -0.444 e. The molecule has 0 aliphatic heterocycles. The molecule has 0 unspecified atom stereocenters. The number of ether oxygens (including phenoxy) is 1. The molecule has 78 valence electrons. The SMILES string of the molecule is CC(C)(C)OC(=O)Nc1cc(I)cs1. The molecule has 1 aromatic heterocycles. The van der Waals surface area contributed by atoms with Crippen molar-refractivity contribution in [2.24, 2.45) is 0 Å². The highest BCUT2D eigenvalue weighted by molar-refractivity contribution is 14.1. The summed E-state index contributed by atoms with van der Waals surface area (Å²) in [4.78, 5) is 11.3. The lowest BCUT2D eigenvalue weighted by molar-refractivity contribution is 0.0636. The smallest absolute Gasteiger partial charge is 0.412 e. The van der Waals surface area contributed by atoms with E-state index in [9.17, 15) is 4.79 Å². The van der Waals surface area contributed by atoms with Crippen molar-refractivity contribution < 1.29 is 9.53 Å². The first-order valence-corrected chi connectivity index (χ1v) is 6.07.